The van der Waals surface area contributed by atoms with Gasteiger partial charge in [0.05, 0.1) is 0 Å². The smallest absolute Gasteiger partial charge is 0.326 e. The summed E-state index contributed by atoms with van der Waals surface area (Å²) < 4.78 is 0. The van der Waals surface area contributed by atoms with Gasteiger partial charge in [-0.05, 0) is 30.6 Å². The van der Waals surface area contributed by atoms with Crippen LogP contribution < -0.4 is 5.32 Å². The summed E-state index contributed by atoms with van der Waals surface area (Å²) in [6.45, 7) is 5.84. The Bertz CT molecular complexity index is 301. The largest absolute Gasteiger partial charge is 0.480 e. The summed E-state index contributed by atoms with van der Waals surface area (Å²) in [5, 5.41) is 11.7. The molecule has 0 aromatic heterocycles. The fourth-order valence-electron chi connectivity index (χ4n) is 2.75. The van der Waals surface area contributed by atoms with E-state index in [9.17, 15) is 9.59 Å². The van der Waals surface area contributed by atoms with Crippen LogP contribution in [-0.2, 0) is 9.59 Å². The Balaban J connectivity index is 2.42. The number of aliphatic carboxylic acids is 1. The lowest BCUT2D eigenvalue weighted by Gasteiger charge is -2.27. The molecule has 1 rings (SSSR count). The van der Waals surface area contributed by atoms with Gasteiger partial charge in [-0.25, -0.2) is 4.79 Å². The standard InChI is InChI=1S/C14H25NO3/c1-9(2)13(14(17)18)15-12(16)8-11-6-4-5-10(3)7-11/h9-11,13H,4-8H2,1-3H3,(H,15,16)(H,17,18)/t10?,11?,13-/m1/s1. The molecule has 104 valence electrons. The number of carboxylic acids is 1. The molecule has 0 spiro atoms. The molecule has 1 aliphatic rings. The first kappa shape index (κ1) is 15.0. The first-order valence-corrected chi connectivity index (χ1v) is 6.92. The second-order valence-electron chi connectivity index (χ2n) is 5.97. The lowest BCUT2D eigenvalue weighted by Crippen LogP contribution is -2.44. The van der Waals surface area contributed by atoms with Crippen LogP contribution in [0.25, 0.3) is 0 Å². The van der Waals surface area contributed by atoms with Crippen molar-refractivity contribution in [3.8, 4) is 0 Å². The minimum absolute atomic E-state index is 0.0864. The molecule has 3 atom stereocenters. The molecule has 1 amide bonds. The van der Waals surface area contributed by atoms with Gasteiger partial charge in [0, 0.05) is 6.42 Å². The van der Waals surface area contributed by atoms with Crippen LogP contribution >= 0.6 is 0 Å². The van der Waals surface area contributed by atoms with Gasteiger partial charge in [-0.1, -0.05) is 33.6 Å². The van der Waals surface area contributed by atoms with Crippen LogP contribution in [0, 0.1) is 17.8 Å². The molecule has 18 heavy (non-hydrogen) atoms. The van der Waals surface area contributed by atoms with Crippen molar-refractivity contribution in [3.63, 3.8) is 0 Å². The summed E-state index contributed by atoms with van der Waals surface area (Å²) in [6.07, 6.45) is 5.10. The van der Waals surface area contributed by atoms with Crippen molar-refractivity contribution in [1.82, 2.24) is 5.32 Å². The van der Waals surface area contributed by atoms with Gasteiger partial charge >= 0.3 is 5.97 Å². The Morgan fingerprint density at radius 3 is 2.50 bits per heavy atom. The summed E-state index contributed by atoms with van der Waals surface area (Å²) in [5.41, 5.74) is 0. The number of amides is 1. The molecule has 0 heterocycles. The first-order valence-electron chi connectivity index (χ1n) is 6.92. The van der Waals surface area contributed by atoms with E-state index >= 15 is 0 Å². The molecule has 4 heteroatoms. The van der Waals surface area contributed by atoms with Crippen LogP contribution in [0.5, 0.6) is 0 Å². The average molecular weight is 255 g/mol. The van der Waals surface area contributed by atoms with Gasteiger partial charge in [-0.15, -0.1) is 0 Å². The van der Waals surface area contributed by atoms with Crippen molar-refractivity contribution in [3.05, 3.63) is 0 Å². The molecule has 2 unspecified atom stereocenters. The molecular weight excluding hydrogens is 230 g/mol. The number of rotatable bonds is 5. The lowest BCUT2D eigenvalue weighted by molar-refractivity contribution is -0.143. The summed E-state index contributed by atoms with van der Waals surface area (Å²) >= 11 is 0. The van der Waals surface area contributed by atoms with E-state index in [-0.39, 0.29) is 11.8 Å². The molecule has 0 aliphatic heterocycles. The van der Waals surface area contributed by atoms with Gasteiger partial charge in [-0.2, -0.15) is 0 Å². The van der Waals surface area contributed by atoms with Crippen LogP contribution in [0.15, 0.2) is 0 Å². The molecule has 2 N–H and O–H groups in total. The monoisotopic (exact) mass is 255 g/mol. The second kappa shape index (κ2) is 6.76. The lowest BCUT2D eigenvalue weighted by atomic mass is 9.80. The minimum Gasteiger partial charge on any atom is -0.480 e. The van der Waals surface area contributed by atoms with Crippen LogP contribution in [0.4, 0.5) is 0 Å². The van der Waals surface area contributed by atoms with Gasteiger partial charge < -0.3 is 10.4 Å². The molecule has 1 fully saturated rings. The molecule has 1 aliphatic carbocycles. The highest BCUT2D eigenvalue weighted by Crippen LogP contribution is 2.30. The second-order valence-corrected chi connectivity index (χ2v) is 5.97. The summed E-state index contributed by atoms with van der Waals surface area (Å²) in [7, 11) is 0. The van der Waals surface area contributed by atoms with Crippen molar-refractivity contribution < 1.29 is 14.7 Å². The fraction of sp³-hybridized carbons (Fsp3) is 0.857. The molecule has 0 radical (unpaired) electrons. The predicted molar refractivity (Wildman–Crippen MR) is 70.1 cm³/mol. The first-order chi connectivity index (χ1) is 8.40. The van der Waals surface area contributed by atoms with Gasteiger partial charge in [-0.3, -0.25) is 4.79 Å². The number of carboxylic acid groups (broad SMARTS) is 1. The van der Waals surface area contributed by atoms with Crippen LogP contribution in [-0.4, -0.2) is 23.0 Å². The summed E-state index contributed by atoms with van der Waals surface area (Å²) in [4.78, 5) is 22.9. The highest BCUT2D eigenvalue weighted by atomic mass is 16.4. The zero-order valence-corrected chi connectivity index (χ0v) is 11.6. The van der Waals surface area contributed by atoms with Crippen molar-refractivity contribution >= 4 is 11.9 Å². The third-order valence-electron chi connectivity index (χ3n) is 3.77. The number of hydrogen-bond acceptors (Lipinski definition) is 2. The quantitative estimate of drug-likeness (QED) is 0.793. The maximum Gasteiger partial charge on any atom is 0.326 e. The molecule has 0 bridgehead atoms. The van der Waals surface area contributed by atoms with Crippen molar-refractivity contribution in [2.45, 2.75) is 58.9 Å². The highest BCUT2D eigenvalue weighted by Gasteiger charge is 2.26. The number of nitrogens with one attached hydrogen (secondary N) is 1. The average Bonchev–Trinajstić information content (AvgIpc) is 2.25. The van der Waals surface area contributed by atoms with Gasteiger partial charge in [0.25, 0.3) is 0 Å². The Labute approximate surface area is 109 Å². The van der Waals surface area contributed by atoms with Crippen LogP contribution in [0.2, 0.25) is 0 Å². The van der Waals surface area contributed by atoms with E-state index in [1.807, 2.05) is 13.8 Å². The SMILES string of the molecule is CC1CCCC(CC(=O)N[C@@H](C(=O)O)C(C)C)C1. The Morgan fingerprint density at radius 2 is 2.00 bits per heavy atom. The number of hydrogen-bond donors (Lipinski definition) is 2. The molecular formula is C14H25NO3. The van der Waals surface area contributed by atoms with Crippen molar-refractivity contribution in [2.75, 3.05) is 0 Å². The molecule has 0 saturated heterocycles. The summed E-state index contributed by atoms with van der Waals surface area (Å²) in [5.74, 6) is -0.0328. The minimum atomic E-state index is -0.949. The normalized spacial score (nSPS) is 25.8. The van der Waals surface area contributed by atoms with Gasteiger partial charge in [0.1, 0.15) is 6.04 Å². The van der Waals surface area contributed by atoms with E-state index in [0.29, 0.717) is 18.3 Å². The highest BCUT2D eigenvalue weighted by molar-refractivity contribution is 5.83. The molecule has 4 nitrogen and oxygen atoms in total. The fourth-order valence-corrected chi connectivity index (χ4v) is 2.75. The molecule has 0 aromatic rings. The van der Waals surface area contributed by atoms with Gasteiger partial charge in [0.2, 0.25) is 5.91 Å². The van der Waals surface area contributed by atoms with E-state index in [4.69, 9.17) is 5.11 Å². The van der Waals surface area contributed by atoms with E-state index < -0.39 is 12.0 Å². The Kier molecular flexibility index (Phi) is 5.63. The Hall–Kier alpha value is -1.06. The van der Waals surface area contributed by atoms with E-state index in [2.05, 4.69) is 12.2 Å². The number of carbonyl (C=O) groups is 2. The van der Waals surface area contributed by atoms with Gasteiger partial charge in [0.15, 0.2) is 0 Å². The van der Waals surface area contributed by atoms with Crippen LogP contribution in [0.1, 0.15) is 52.9 Å². The topological polar surface area (TPSA) is 66.4 Å². The zero-order chi connectivity index (χ0) is 13.7. The summed E-state index contributed by atoms with van der Waals surface area (Å²) in [6, 6.07) is -0.765. The van der Waals surface area contributed by atoms with E-state index in [0.717, 1.165) is 12.8 Å². The van der Waals surface area contributed by atoms with E-state index in [1.54, 1.807) is 0 Å². The van der Waals surface area contributed by atoms with Crippen LogP contribution in [0.3, 0.4) is 0 Å². The zero-order valence-electron chi connectivity index (χ0n) is 11.6. The van der Waals surface area contributed by atoms with Crippen molar-refractivity contribution in [2.24, 2.45) is 17.8 Å². The molecule has 0 aromatic carbocycles. The van der Waals surface area contributed by atoms with E-state index in [1.165, 1.54) is 12.8 Å². The van der Waals surface area contributed by atoms with Crippen molar-refractivity contribution in [1.29, 1.82) is 0 Å². The maximum absolute atomic E-state index is 11.9. The molecule has 1 saturated carbocycles. The Morgan fingerprint density at radius 1 is 1.33 bits per heavy atom. The third kappa shape index (κ3) is 4.67. The number of carbonyl (C=O) groups excluding carboxylic acids is 1. The third-order valence-corrected chi connectivity index (χ3v) is 3.77. The maximum atomic E-state index is 11.9. The predicted octanol–water partition coefficient (Wildman–Crippen LogP) is 2.43.